The van der Waals surface area contributed by atoms with Gasteiger partial charge in [0.25, 0.3) is 5.91 Å². The van der Waals surface area contributed by atoms with E-state index in [4.69, 9.17) is 4.74 Å². The number of fused-ring (bicyclic) bond motifs is 1. The largest absolute Gasteiger partial charge is 0.452 e. The Morgan fingerprint density at radius 3 is 2.65 bits per heavy atom. The molecule has 0 fully saturated rings. The molecule has 8 heteroatoms. The average Bonchev–Trinajstić information content (AvgIpc) is 2.56. The number of para-hydroxylation sites is 1. The van der Waals surface area contributed by atoms with Gasteiger partial charge in [-0.1, -0.05) is 18.2 Å². The van der Waals surface area contributed by atoms with Crippen LogP contribution in [0.5, 0.6) is 0 Å². The molecule has 0 spiro atoms. The molecule has 8 nitrogen and oxygen atoms in total. The molecule has 0 aliphatic carbocycles. The third-order valence-electron chi connectivity index (χ3n) is 3.03. The summed E-state index contributed by atoms with van der Waals surface area (Å²) in [6.07, 6.45) is 0. The highest BCUT2D eigenvalue weighted by atomic mass is 16.5. The normalized spacial score (nSPS) is 10.1. The van der Waals surface area contributed by atoms with Crippen molar-refractivity contribution in [2.75, 3.05) is 20.2 Å². The highest BCUT2D eigenvalue weighted by Crippen LogP contribution is 2.15. The maximum Gasteiger partial charge on any atom is 0.339 e. The molecule has 3 N–H and O–H groups in total. The van der Waals surface area contributed by atoms with Crippen LogP contribution in [-0.2, 0) is 14.3 Å². The molecule has 0 bridgehead atoms. The van der Waals surface area contributed by atoms with Crippen molar-refractivity contribution in [1.82, 2.24) is 15.6 Å². The van der Waals surface area contributed by atoms with Gasteiger partial charge in [-0.05, 0) is 6.07 Å². The summed E-state index contributed by atoms with van der Waals surface area (Å²) in [4.78, 5) is 48.7. The summed E-state index contributed by atoms with van der Waals surface area (Å²) in [5.74, 6) is -1.77. The molecule has 2 aromatic rings. The van der Waals surface area contributed by atoms with Crippen LogP contribution in [0, 0.1) is 0 Å². The molecule has 23 heavy (non-hydrogen) atoms. The lowest BCUT2D eigenvalue weighted by atomic mass is 10.1. The van der Waals surface area contributed by atoms with Crippen molar-refractivity contribution >= 4 is 28.7 Å². The topological polar surface area (TPSA) is 117 Å². The van der Waals surface area contributed by atoms with Crippen LogP contribution in [0.2, 0.25) is 0 Å². The Hall–Kier alpha value is -3.16. The summed E-state index contributed by atoms with van der Waals surface area (Å²) in [7, 11) is 1.44. The number of hydrogen-bond donors (Lipinski definition) is 3. The van der Waals surface area contributed by atoms with E-state index < -0.39 is 24.0 Å². The van der Waals surface area contributed by atoms with Gasteiger partial charge in [0, 0.05) is 24.0 Å². The van der Waals surface area contributed by atoms with Crippen molar-refractivity contribution in [3.05, 3.63) is 46.2 Å². The predicted molar refractivity (Wildman–Crippen MR) is 81.9 cm³/mol. The maximum atomic E-state index is 12.1. The lowest BCUT2D eigenvalue weighted by Gasteiger charge is -2.07. The Labute approximate surface area is 130 Å². The minimum absolute atomic E-state index is 0.0726. The monoisotopic (exact) mass is 317 g/mol. The van der Waals surface area contributed by atoms with Crippen LogP contribution >= 0.6 is 0 Å². The number of likely N-dealkylation sites (N-methyl/N-ethyl adjacent to an activating group) is 1. The fourth-order valence-electron chi connectivity index (χ4n) is 1.90. The number of carbonyl (C=O) groups excluding carboxylic acids is 3. The second-order valence-corrected chi connectivity index (χ2v) is 4.62. The van der Waals surface area contributed by atoms with Crippen LogP contribution in [0.25, 0.3) is 10.9 Å². The molecule has 0 radical (unpaired) electrons. The highest BCUT2D eigenvalue weighted by molar-refractivity contribution is 6.03. The van der Waals surface area contributed by atoms with Gasteiger partial charge in [0.15, 0.2) is 6.61 Å². The van der Waals surface area contributed by atoms with E-state index in [-0.39, 0.29) is 18.0 Å². The van der Waals surface area contributed by atoms with E-state index in [9.17, 15) is 19.2 Å². The minimum atomic E-state index is -0.789. The Morgan fingerprint density at radius 2 is 1.91 bits per heavy atom. The van der Waals surface area contributed by atoms with Crippen LogP contribution in [-0.4, -0.2) is 43.0 Å². The van der Waals surface area contributed by atoms with Gasteiger partial charge in [0.2, 0.25) is 11.5 Å². The number of ether oxygens (including phenoxy) is 1. The van der Waals surface area contributed by atoms with Crippen LogP contribution < -0.4 is 16.2 Å². The van der Waals surface area contributed by atoms with Gasteiger partial charge in [0.1, 0.15) is 0 Å². The van der Waals surface area contributed by atoms with Gasteiger partial charge in [-0.2, -0.15) is 0 Å². The van der Waals surface area contributed by atoms with Crippen LogP contribution in [0.3, 0.4) is 0 Å². The van der Waals surface area contributed by atoms with Crippen molar-refractivity contribution < 1.29 is 19.1 Å². The average molecular weight is 317 g/mol. The number of carbonyl (C=O) groups is 3. The number of rotatable bonds is 5. The summed E-state index contributed by atoms with van der Waals surface area (Å²) < 4.78 is 4.88. The van der Waals surface area contributed by atoms with E-state index in [1.54, 1.807) is 24.3 Å². The summed E-state index contributed by atoms with van der Waals surface area (Å²) >= 11 is 0. The number of aromatic amines is 1. The zero-order valence-corrected chi connectivity index (χ0v) is 12.3. The molecular weight excluding hydrogens is 302 g/mol. The number of hydrogen-bond acceptors (Lipinski definition) is 5. The van der Waals surface area contributed by atoms with Crippen LogP contribution in [0.15, 0.2) is 35.1 Å². The SMILES string of the molecule is CNC(=O)CNC(=O)COC(=O)c1cc(=O)[nH]c2ccccc12. The summed E-state index contributed by atoms with van der Waals surface area (Å²) in [5, 5.41) is 5.15. The van der Waals surface area contributed by atoms with Gasteiger partial charge in [-0.25, -0.2) is 4.79 Å². The Kier molecular flexibility index (Phi) is 5.08. The zero-order valence-electron chi connectivity index (χ0n) is 12.3. The zero-order chi connectivity index (χ0) is 16.8. The van der Waals surface area contributed by atoms with Crippen molar-refractivity contribution in [1.29, 1.82) is 0 Å². The van der Waals surface area contributed by atoms with Gasteiger partial charge < -0.3 is 20.4 Å². The first-order valence-electron chi connectivity index (χ1n) is 6.77. The molecular formula is C15H15N3O5. The fraction of sp³-hybridized carbons (Fsp3) is 0.200. The van der Waals surface area contributed by atoms with Crippen molar-refractivity contribution in [2.45, 2.75) is 0 Å². The second-order valence-electron chi connectivity index (χ2n) is 4.62. The molecule has 1 aromatic carbocycles. The third-order valence-corrected chi connectivity index (χ3v) is 3.03. The van der Waals surface area contributed by atoms with E-state index in [1.165, 1.54) is 7.05 Å². The molecule has 0 saturated carbocycles. The third kappa shape index (κ3) is 4.16. The number of benzene rings is 1. The standard InChI is InChI=1S/C15H15N3O5/c1-16-13(20)7-17-14(21)8-23-15(22)10-6-12(19)18-11-5-3-2-4-9(10)11/h2-6H,7-8H2,1H3,(H,16,20)(H,17,21)(H,18,19). The van der Waals surface area contributed by atoms with Crippen molar-refractivity contribution in [3.8, 4) is 0 Å². The van der Waals surface area contributed by atoms with E-state index in [0.29, 0.717) is 10.9 Å². The molecule has 0 atom stereocenters. The lowest BCUT2D eigenvalue weighted by Crippen LogP contribution is -2.37. The Morgan fingerprint density at radius 1 is 1.17 bits per heavy atom. The first-order valence-corrected chi connectivity index (χ1v) is 6.77. The number of H-pyrrole nitrogens is 1. The molecule has 0 saturated heterocycles. The van der Waals surface area contributed by atoms with E-state index in [1.807, 2.05) is 0 Å². The van der Waals surface area contributed by atoms with Crippen molar-refractivity contribution in [3.63, 3.8) is 0 Å². The number of pyridine rings is 1. The number of esters is 1. The smallest absolute Gasteiger partial charge is 0.339 e. The van der Waals surface area contributed by atoms with Gasteiger partial charge >= 0.3 is 5.97 Å². The number of amides is 2. The predicted octanol–water partition coefficient (Wildman–Crippen LogP) is -0.453. The van der Waals surface area contributed by atoms with Gasteiger partial charge in [0.05, 0.1) is 12.1 Å². The molecule has 120 valence electrons. The molecule has 1 aromatic heterocycles. The molecule has 0 unspecified atom stereocenters. The van der Waals surface area contributed by atoms with E-state index in [0.717, 1.165) is 6.07 Å². The highest BCUT2D eigenvalue weighted by Gasteiger charge is 2.15. The minimum Gasteiger partial charge on any atom is -0.452 e. The second kappa shape index (κ2) is 7.21. The molecule has 2 amide bonds. The summed E-state index contributed by atoms with van der Waals surface area (Å²) in [5.41, 5.74) is 0.124. The first kappa shape index (κ1) is 16.2. The summed E-state index contributed by atoms with van der Waals surface area (Å²) in [6, 6.07) is 7.87. The Balaban J connectivity index is 2.05. The van der Waals surface area contributed by atoms with Gasteiger partial charge in [-0.15, -0.1) is 0 Å². The molecule has 2 rings (SSSR count). The molecule has 0 aliphatic rings. The lowest BCUT2D eigenvalue weighted by molar-refractivity contribution is -0.127. The molecule has 1 heterocycles. The maximum absolute atomic E-state index is 12.1. The number of aromatic nitrogens is 1. The summed E-state index contributed by atoms with van der Waals surface area (Å²) in [6.45, 7) is -0.752. The van der Waals surface area contributed by atoms with Crippen molar-refractivity contribution in [2.24, 2.45) is 0 Å². The van der Waals surface area contributed by atoms with E-state index in [2.05, 4.69) is 15.6 Å². The quantitative estimate of drug-likeness (QED) is 0.646. The number of nitrogens with one attached hydrogen (secondary N) is 3. The first-order chi connectivity index (χ1) is 11.0. The van der Waals surface area contributed by atoms with E-state index >= 15 is 0 Å². The van der Waals surface area contributed by atoms with Gasteiger partial charge in [-0.3, -0.25) is 14.4 Å². The fourth-order valence-corrected chi connectivity index (χ4v) is 1.90. The Bertz CT molecular complexity index is 812. The van der Waals surface area contributed by atoms with Crippen LogP contribution in [0.1, 0.15) is 10.4 Å². The molecule has 0 aliphatic heterocycles. The van der Waals surface area contributed by atoms with Crippen LogP contribution in [0.4, 0.5) is 0 Å².